The van der Waals surface area contributed by atoms with Crippen molar-refractivity contribution in [3.05, 3.63) is 77.0 Å². The van der Waals surface area contributed by atoms with Gasteiger partial charge in [0.2, 0.25) is 10.0 Å². The summed E-state index contributed by atoms with van der Waals surface area (Å²) in [4.78, 5) is 4.41. The van der Waals surface area contributed by atoms with E-state index in [2.05, 4.69) is 37.0 Å². The van der Waals surface area contributed by atoms with E-state index in [1.54, 1.807) is 10.5 Å². The topological polar surface area (TPSA) is 50.3 Å². The molecule has 1 atom stereocenters. The first-order chi connectivity index (χ1) is 12.9. The van der Waals surface area contributed by atoms with Crippen LogP contribution in [0.15, 0.2) is 54.7 Å². The molecule has 140 valence electrons. The molecule has 4 rings (SSSR count). The van der Waals surface area contributed by atoms with Crippen LogP contribution < -0.4 is 0 Å². The Morgan fingerprint density at radius 2 is 1.81 bits per heavy atom. The van der Waals surface area contributed by atoms with Crippen molar-refractivity contribution in [1.29, 1.82) is 0 Å². The maximum atomic E-state index is 13.3. The lowest BCUT2D eigenvalue weighted by Gasteiger charge is -2.25. The van der Waals surface area contributed by atoms with Crippen molar-refractivity contribution in [1.82, 2.24) is 9.29 Å². The van der Waals surface area contributed by atoms with E-state index in [-0.39, 0.29) is 11.8 Å². The van der Waals surface area contributed by atoms with Crippen molar-refractivity contribution in [3.63, 3.8) is 0 Å². The minimum atomic E-state index is -3.43. The number of rotatable bonds is 4. The first-order valence-electron chi connectivity index (χ1n) is 9.34. The predicted octanol–water partition coefficient (Wildman–Crippen LogP) is 4.52. The van der Waals surface area contributed by atoms with Gasteiger partial charge >= 0.3 is 0 Å². The molecule has 0 amide bonds. The highest BCUT2D eigenvalue weighted by molar-refractivity contribution is 7.88. The van der Waals surface area contributed by atoms with Crippen LogP contribution in [-0.2, 0) is 15.8 Å². The van der Waals surface area contributed by atoms with Crippen molar-refractivity contribution >= 4 is 20.9 Å². The van der Waals surface area contributed by atoms with Gasteiger partial charge in [-0.1, -0.05) is 53.6 Å². The van der Waals surface area contributed by atoms with Crippen molar-refractivity contribution in [2.24, 2.45) is 0 Å². The van der Waals surface area contributed by atoms with E-state index in [0.29, 0.717) is 6.54 Å². The van der Waals surface area contributed by atoms with E-state index in [9.17, 15) is 8.42 Å². The third-order valence-electron chi connectivity index (χ3n) is 5.24. The molecular weight excluding hydrogens is 356 g/mol. The summed E-state index contributed by atoms with van der Waals surface area (Å²) in [5.74, 6) is -0.0113. The average Bonchev–Trinajstić information content (AvgIpc) is 3.12. The lowest BCUT2D eigenvalue weighted by atomic mass is 10.0. The molecule has 1 saturated heterocycles. The number of sulfonamides is 1. The van der Waals surface area contributed by atoms with Gasteiger partial charge in [0.15, 0.2) is 0 Å². The maximum absolute atomic E-state index is 13.3. The Labute approximate surface area is 160 Å². The number of benzene rings is 2. The van der Waals surface area contributed by atoms with Gasteiger partial charge < -0.3 is 0 Å². The second-order valence-corrected chi connectivity index (χ2v) is 9.36. The van der Waals surface area contributed by atoms with Crippen LogP contribution in [0.4, 0.5) is 0 Å². The Bertz CT molecular complexity index is 1070. The number of aryl methyl sites for hydroxylation is 2. The summed E-state index contributed by atoms with van der Waals surface area (Å²) in [6, 6.07) is 15.9. The lowest BCUT2D eigenvalue weighted by molar-refractivity contribution is 0.396. The summed E-state index contributed by atoms with van der Waals surface area (Å²) in [7, 11) is -3.43. The number of hydrogen-bond acceptors (Lipinski definition) is 3. The number of pyridine rings is 1. The van der Waals surface area contributed by atoms with Crippen LogP contribution in [0.3, 0.4) is 0 Å². The SMILES string of the molecule is Cc1cc(C)cc(C2CCCN2S(=O)(=O)Cc2cccc3cccnc23)c1. The zero-order valence-corrected chi connectivity index (χ0v) is 16.5. The van der Waals surface area contributed by atoms with Gasteiger partial charge in [0.1, 0.15) is 0 Å². The number of para-hydroxylation sites is 1. The highest BCUT2D eigenvalue weighted by atomic mass is 32.2. The fourth-order valence-corrected chi connectivity index (χ4v) is 5.99. The Balaban J connectivity index is 1.68. The molecule has 1 aromatic heterocycles. The van der Waals surface area contributed by atoms with Crippen molar-refractivity contribution in [2.75, 3.05) is 6.54 Å². The van der Waals surface area contributed by atoms with Gasteiger partial charge in [0, 0.05) is 24.2 Å². The second kappa shape index (κ2) is 7.06. The molecule has 1 unspecified atom stereocenters. The Kier molecular flexibility index (Phi) is 4.74. The third-order valence-corrected chi connectivity index (χ3v) is 7.07. The Hall–Kier alpha value is -2.24. The Morgan fingerprint density at radius 3 is 2.59 bits per heavy atom. The van der Waals surface area contributed by atoms with E-state index >= 15 is 0 Å². The first kappa shape index (κ1) is 18.1. The van der Waals surface area contributed by atoms with Gasteiger partial charge in [-0.05, 0) is 43.9 Å². The van der Waals surface area contributed by atoms with Crippen LogP contribution in [0.1, 0.15) is 41.1 Å². The zero-order chi connectivity index (χ0) is 19.0. The monoisotopic (exact) mass is 380 g/mol. The zero-order valence-electron chi connectivity index (χ0n) is 15.7. The minimum Gasteiger partial charge on any atom is -0.256 e. The molecule has 0 saturated carbocycles. The van der Waals surface area contributed by atoms with Crippen molar-refractivity contribution < 1.29 is 8.42 Å². The number of nitrogens with zero attached hydrogens (tertiary/aromatic N) is 2. The molecule has 1 fully saturated rings. The molecule has 2 heterocycles. The van der Waals surface area contributed by atoms with E-state index in [1.807, 2.05) is 30.3 Å². The molecule has 0 radical (unpaired) electrons. The van der Waals surface area contributed by atoms with Gasteiger partial charge in [-0.3, -0.25) is 4.98 Å². The molecule has 0 aliphatic carbocycles. The molecule has 0 spiro atoms. The quantitative estimate of drug-likeness (QED) is 0.669. The fourth-order valence-electron chi connectivity index (χ4n) is 4.17. The third kappa shape index (κ3) is 3.62. The van der Waals surface area contributed by atoms with E-state index in [0.717, 1.165) is 34.9 Å². The summed E-state index contributed by atoms with van der Waals surface area (Å²) in [5, 5.41) is 0.970. The molecule has 0 N–H and O–H groups in total. The molecule has 1 aliphatic heterocycles. The van der Waals surface area contributed by atoms with Crippen LogP contribution in [-0.4, -0.2) is 24.3 Å². The van der Waals surface area contributed by atoms with Crippen LogP contribution in [0.5, 0.6) is 0 Å². The van der Waals surface area contributed by atoms with E-state index in [4.69, 9.17) is 0 Å². The second-order valence-electron chi connectivity index (χ2n) is 7.44. The van der Waals surface area contributed by atoms with Gasteiger partial charge in [0.25, 0.3) is 0 Å². The average molecular weight is 381 g/mol. The van der Waals surface area contributed by atoms with Crippen LogP contribution in [0.25, 0.3) is 10.9 Å². The summed E-state index contributed by atoms with van der Waals surface area (Å²) in [6.07, 6.45) is 3.48. The highest BCUT2D eigenvalue weighted by Crippen LogP contribution is 2.36. The maximum Gasteiger partial charge on any atom is 0.218 e. The van der Waals surface area contributed by atoms with Gasteiger partial charge in [0.05, 0.1) is 11.3 Å². The van der Waals surface area contributed by atoms with E-state index in [1.165, 1.54) is 11.1 Å². The molecule has 1 aliphatic rings. The van der Waals surface area contributed by atoms with E-state index < -0.39 is 10.0 Å². The normalized spacial score (nSPS) is 18.2. The number of hydrogen-bond donors (Lipinski definition) is 0. The predicted molar refractivity (Wildman–Crippen MR) is 109 cm³/mol. The van der Waals surface area contributed by atoms with Gasteiger partial charge in [-0.15, -0.1) is 0 Å². The lowest BCUT2D eigenvalue weighted by Crippen LogP contribution is -2.31. The number of fused-ring (bicyclic) bond motifs is 1. The summed E-state index contributed by atoms with van der Waals surface area (Å²) < 4.78 is 28.3. The standard InChI is InChI=1S/C22H24N2O2S/c1-16-12-17(2)14-20(13-16)21-9-5-11-24(21)27(25,26)15-19-7-3-6-18-8-4-10-23-22(18)19/h3-4,6-8,10,12-14,21H,5,9,11,15H2,1-2H3. The van der Waals surface area contributed by atoms with Crippen molar-refractivity contribution in [2.45, 2.75) is 38.5 Å². The molecule has 4 nitrogen and oxygen atoms in total. The van der Waals surface area contributed by atoms with Crippen LogP contribution >= 0.6 is 0 Å². The molecule has 27 heavy (non-hydrogen) atoms. The fraction of sp³-hybridized carbons (Fsp3) is 0.318. The molecule has 3 aromatic rings. The van der Waals surface area contributed by atoms with Gasteiger partial charge in [-0.2, -0.15) is 4.31 Å². The smallest absolute Gasteiger partial charge is 0.218 e. The minimum absolute atomic E-state index is 0.0113. The van der Waals surface area contributed by atoms with Crippen molar-refractivity contribution in [3.8, 4) is 0 Å². The Morgan fingerprint density at radius 1 is 1.07 bits per heavy atom. The highest BCUT2D eigenvalue weighted by Gasteiger charge is 2.35. The largest absolute Gasteiger partial charge is 0.256 e. The summed E-state index contributed by atoms with van der Waals surface area (Å²) in [5.41, 5.74) is 4.98. The van der Waals surface area contributed by atoms with Gasteiger partial charge in [-0.25, -0.2) is 8.42 Å². The summed E-state index contributed by atoms with van der Waals surface area (Å²) in [6.45, 7) is 4.70. The van der Waals surface area contributed by atoms with Crippen LogP contribution in [0, 0.1) is 13.8 Å². The van der Waals surface area contributed by atoms with Crippen LogP contribution in [0.2, 0.25) is 0 Å². The first-order valence-corrected chi connectivity index (χ1v) is 11.0. The molecule has 2 aromatic carbocycles. The molecule has 5 heteroatoms. The summed E-state index contributed by atoms with van der Waals surface area (Å²) >= 11 is 0. The molecule has 0 bridgehead atoms. The number of aromatic nitrogens is 1. The molecular formula is C22H24N2O2S.